The average Bonchev–Trinajstić information content (AvgIpc) is 3.23. The first kappa shape index (κ1) is 25.1. The van der Waals surface area contributed by atoms with Crippen LogP contribution in [0.5, 0.6) is 0 Å². The van der Waals surface area contributed by atoms with Crippen LogP contribution in [-0.2, 0) is 19.2 Å². The average molecular weight is 434 g/mol. The van der Waals surface area contributed by atoms with Crippen LogP contribution in [0.15, 0.2) is 0 Å². The maximum absolute atomic E-state index is 12.5. The molecular formula is C17H31N5O6S. The first-order chi connectivity index (χ1) is 13.8. The van der Waals surface area contributed by atoms with Crippen LogP contribution in [0.1, 0.15) is 32.1 Å². The van der Waals surface area contributed by atoms with E-state index in [0.29, 0.717) is 32.4 Å². The highest BCUT2D eigenvalue weighted by Gasteiger charge is 2.30. The molecule has 8 N–H and O–H groups in total. The fourth-order valence-corrected chi connectivity index (χ4v) is 3.11. The van der Waals surface area contributed by atoms with Gasteiger partial charge in [0.15, 0.2) is 0 Å². The Balaban J connectivity index is 2.74. The Bertz CT molecular complexity index is 573. The molecule has 1 rings (SSSR count). The Morgan fingerprint density at radius 2 is 1.72 bits per heavy atom. The number of rotatable bonds is 13. The second-order valence-corrected chi connectivity index (χ2v) is 7.19. The van der Waals surface area contributed by atoms with E-state index >= 15 is 0 Å². The molecule has 3 amide bonds. The first-order valence-electron chi connectivity index (χ1n) is 9.63. The zero-order chi connectivity index (χ0) is 21.8. The van der Waals surface area contributed by atoms with E-state index in [0.717, 1.165) is 6.42 Å². The smallest absolute Gasteiger partial charge is 0.327 e. The van der Waals surface area contributed by atoms with Crippen LogP contribution < -0.4 is 27.0 Å². The van der Waals surface area contributed by atoms with Gasteiger partial charge in [-0.2, -0.15) is 12.6 Å². The molecule has 166 valence electrons. The van der Waals surface area contributed by atoms with Crippen LogP contribution in [0.25, 0.3) is 0 Å². The van der Waals surface area contributed by atoms with Crippen LogP contribution in [-0.4, -0.2) is 83.5 Å². The number of carboxylic acid groups (broad SMARTS) is 1. The molecule has 0 saturated carbocycles. The van der Waals surface area contributed by atoms with E-state index in [2.05, 4.69) is 33.9 Å². The van der Waals surface area contributed by atoms with Gasteiger partial charge in [-0.15, -0.1) is 0 Å². The van der Waals surface area contributed by atoms with Gasteiger partial charge >= 0.3 is 5.97 Å². The van der Waals surface area contributed by atoms with Crippen molar-refractivity contribution in [1.29, 1.82) is 0 Å². The van der Waals surface area contributed by atoms with Crippen molar-refractivity contribution in [3.63, 3.8) is 0 Å². The number of nitrogens with one attached hydrogen (secondary N) is 4. The molecule has 12 heteroatoms. The van der Waals surface area contributed by atoms with Crippen molar-refractivity contribution in [2.75, 3.05) is 25.4 Å². The van der Waals surface area contributed by atoms with Crippen molar-refractivity contribution in [1.82, 2.24) is 21.3 Å². The molecule has 29 heavy (non-hydrogen) atoms. The van der Waals surface area contributed by atoms with E-state index in [4.69, 9.17) is 10.8 Å². The summed E-state index contributed by atoms with van der Waals surface area (Å²) in [5.41, 5.74) is 5.46. The number of unbranched alkanes of at least 4 members (excludes halogenated alkanes) is 1. The largest absolute Gasteiger partial charge is 0.480 e. The Morgan fingerprint density at radius 3 is 2.24 bits per heavy atom. The molecule has 0 spiro atoms. The minimum atomic E-state index is -1.25. The molecule has 0 radical (unpaired) electrons. The monoisotopic (exact) mass is 433 g/mol. The minimum absolute atomic E-state index is 0.117. The molecule has 0 aromatic carbocycles. The number of carbonyl (C=O) groups is 4. The highest BCUT2D eigenvalue weighted by atomic mass is 32.1. The maximum atomic E-state index is 12.5. The van der Waals surface area contributed by atoms with Crippen molar-refractivity contribution < 1.29 is 29.4 Å². The van der Waals surface area contributed by atoms with E-state index in [1.165, 1.54) is 0 Å². The predicted octanol–water partition coefficient (Wildman–Crippen LogP) is -2.67. The molecule has 1 saturated heterocycles. The number of amides is 3. The van der Waals surface area contributed by atoms with Gasteiger partial charge in [0.05, 0.1) is 12.6 Å². The molecule has 1 fully saturated rings. The zero-order valence-electron chi connectivity index (χ0n) is 16.2. The summed E-state index contributed by atoms with van der Waals surface area (Å²) < 4.78 is 0. The van der Waals surface area contributed by atoms with E-state index in [1.54, 1.807) is 0 Å². The summed E-state index contributed by atoms with van der Waals surface area (Å²) in [5, 5.41) is 28.9. The normalized spacial score (nSPS) is 19.1. The second-order valence-electron chi connectivity index (χ2n) is 6.82. The van der Waals surface area contributed by atoms with Gasteiger partial charge in [0.1, 0.15) is 18.1 Å². The molecule has 0 bridgehead atoms. The van der Waals surface area contributed by atoms with Gasteiger partial charge in [0.2, 0.25) is 17.7 Å². The lowest BCUT2D eigenvalue weighted by atomic mass is 10.1. The number of aliphatic hydroxyl groups excluding tert-OH is 1. The van der Waals surface area contributed by atoms with Crippen LogP contribution in [0.4, 0.5) is 0 Å². The van der Waals surface area contributed by atoms with Gasteiger partial charge in [-0.3, -0.25) is 14.4 Å². The molecule has 11 nitrogen and oxygen atoms in total. The Labute approximate surface area is 175 Å². The summed E-state index contributed by atoms with van der Waals surface area (Å²) in [5.74, 6) is -3.18. The van der Waals surface area contributed by atoms with Crippen molar-refractivity contribution >= 4 is 36.3 Å². The summed E-state index contributed by atoms with van der Waals surface area (Å²) in [4.78, 5) is 48.3. The van der Waals surface area contributed by atoms with Gasteiger partial charge in [-0.1, -0.05) is 0 Å². The highest BCUT2D eigenvalue weighted by molar-refractivity contribution is 7.80. The molecule has 1 aliphatic rings. The molecule has 0 aromatic heterocycles. The molecule has 4 unspecified atom stereocenters. The molecule has 1 heterocycles. The number of carboxylic acids is 1. The topological polar surface area (TPSA) is 183 Å². The summed E-state index contributed by atoms with van der Waals surface area (Å²) in [7, 11) is 0. The number of carbonyl (C=O) groups excluding carboxylic acids is 3. The Kier molecular flexibility index (Phi) is 11.6. The SMILES string of the molecule is NCCCCC(NC(=O)C(CO)NC(=O)C1CCCN1)C(=O)NC(CS)C(=O)O. The van der Waals surface area contributed by atoms with Crippen LogP contribution >= 0.6 is 12.6 Å². The van der Waals surface area contributed by atoms with Crippen LogP contribution in [0.3, 0.4) is 0 Å². The molecule has 1 aliphatic heterocycles. The van der Waals surface area contributed by atoms with Crippen LogP contribution in [0.2, 0.25) is 0 Å². The van der Waals surface area contributed by atoms with Gasteiger partial charge in [-0.05, 0) is 45.2 Å². The van der Waals surface area contributed by atoms with Crippen molar-refractivity contribution in [3.05, 3.63) is 0 Å². The van der Waals surface area contributed by atoms with Gasteiger partial charge in [-0.25, -0.2) is 4.79 Å². The zero-order valence-corrected chi connectivity index (χ0v) is 17.1. The van der Waals surface area contributed by atoms with Crippen LogP contribution in [0, 0.1) is 0 Å². The number of aliphatic hydroxyl groups is 1. The lowest BCUT2D eigenvalue weighted by molar-refractivity contribution is -0.141. The van der Waals surface area contributed by atoms with E-state index < -0.39 is 54.5 Å². The number of hydrogen-bond acceptors (Lipinski definition) is 8. The molecule has 4 atom stereocenters. The second kappa shape index (κ2) is 13.4. The fourth-order valence-electron chi connectivity index (χ4n) is 2.87. The first-order valence-corrected chi connectivity index (χ1v) is 10.3. The third-order valence-corrected chi connectivity index (χ3v) is 4.93. The van der Waals surface area contributed by atoms with Gasteiger partial charge in [0, 0.05) is 5.75 Å². The fraction of sp³-hybridized carbons (Fsp3) is 0.765. The molecule has 0 aromatic rings. The Hall–Kier alpha value is -1.89. The van der Waals surface area contributed by atoms with Crippen molar-refractivity contribution in [2.45, 2.75) is 56.3 Å². The van der Waals surface area contributed by atoms with E-state index in [1.807, 2.05) is 0 Å². The quantitative estimate of drug-likeness (QED) is 0.114. The lowest BCUT2D eigenvalue weighted by Gasteiger charge is -2.24. The van der Waals surface area contributed by atoms with Crippen molar-refractivity contribution in [2.24, 2.45) is 5.73 Å². The lowest BCUT2D eigenvalue weighted by Crippen LogP contribution is -2.58. The number of thiol groups is 1. The molecule has 0 aliphatic carbocycles. The summed E-state index contributed by atoms with van der Waals surface area (Å²) in [6.45, 7) is 0.462. The summed E-state index contributed by atoms with van der Waals surface area (Å²) >= 11 is 3.90. The standard InChI is InChI=1S/C17H31N5O6S/c18-6-2-1-4-11(15(25)22-13(9-29)17(27)28)20-16(26)12(8-23)21-14(24)10-5-3-7-19-10/h10-13,19,23,29H,1-9,18H2,(H,20,26)(H,21,24)(H,22,25)(H,27,28). The van der Waals surface area contributed by atoms with Gasteiger partial charge < -0.3 is 37.2 Å². The van der Waals surface area contributed by atoms with Crippen molar-refractivity contribution in [3.8, 4) is 0 Å². The predicted molar refractivity (Wildman–Crippen MR) is 108 cm³/mol. The Morgan fingerprint density at radius 1 is 1.07 bits per heavy atom. The van der Waals surface area contributed by atoms with Gasteiger partial charge in [0.25, 0.3) is 0 Å². The number of hydrogen-bond donors (Lipinski definition) is 8. The number of nitrogens with two attached hydrogens (primary N) is 1. The summed E-state index contributed by atoms with van der Waals surface area (Å²) in [6, 6.07) is -3.89. The van der Waals surface area contributed by atoms with E-state index in [-0.39, 0.29) is 12.2 Å². The third kappa shape index (κ3) is 8.56. The third-order valence-electron chi connectivity index (χ3n) is 4.57. The minimum Gasteiger partial charge on any atom is -0.480 e. The molecular weight excluding hydrogens is 402 g/mol. The summed E-state index contributed by atoms with van der Waals surface area (Å²) in [6.07, 6.45) is 2.84. The van der Waals surface area contributed by atoms with E-state index in [9.17, 15) is 24.3 Å². The number of aliphatic carboxylic acids is 1. The highest BCUT2D eigenvalue weighted by Crippen LogP contribution is 2.06. The maximum Gasteiger partial charge on any atom is 0.327 e.